The molecule has 2 aliphatic rings. The predicted molar refractivity (Wildman–Crippen MR) is 112 cm³/mol. The molecule has 4 N–H and O–H groups in total. The number of hydrogen-bond donors (Lipinski definition) is 4. The Morgan fingerprint density at radius 1 is 1.00 bits per heavy atom. The van der Waals surface area contributed by atoms with Gasteiger partial charge < -0.3 is 15.4 Å². The molecule has 2 aromatic heterocycles. The van der Waals surface area contributed by atoms with Crippen LogP contribution in [0.2, 0.25) is 0 Å². The van der Waals surface area contributed by atoms with E-state index in [1.807, 2.05) is 18.2 Å². The molecule has 3 heterocycles. The summed E-state index contributed by atoms with van der Waals surface area (Å²) >= 11 is 0. The molecule has 1 aromatic carbocycles. The summed E-state index contributed by atoms with van der Waals surface area (Å²) in [5, 5.41) is 15.6. The van der Waals surface area contributed by atoms with Gasteiger partial charge in [-0.3, -0.25) is 14.3 Å². The van der Waals surface area contributed by atoms with Gasteiger partial charge in [-0.15, -0.1) is 0 Å². The van der Waals surface area contributed by atoms with Crippen molar-refractivity contribution in [2.24, 2.45) is 0 Å². The zero-order valence-corrected chi connectivity index (χ0v) is 16.3. The molecule has 1 aliphatic heterocycles. The molecule has 0 bridgehead atoms. The van der Waals surface area contributed by atoms with Crippen molar-refractivity contribution < 1.29 is 5.11 Å². The zero-order valence-electron chi connectivity index (χ0n) is 16.3. The standard InChI is InChI=1S/C22H26N4O3/c27-20-17(21(28)26(22(29)25-20)13-7-3-1-2-4-8-13)19-18-15(11-12-23-19)14-9-5-6-10-16(14)24-18/h5-6,9-10,13,19,23-24,28H,1-4,7-8,11-12H2,(H,25,27,29). The molecule has 1 aliphatic carbocycles. The number of fused-ring (bicyclic) bond motifs is 3. The minimum Gasteiger partial charge on any atom is -0.494 e. The summed E-state index contributed by atoms with van der Waals surface area (Å²) < 4.78 is 1.42. The topological polar surface area (TPSA) is 103 Å². The van der Waals surface area contributed by atoms with Crippen LogP contribution in [0.4, 0.5) is 0 Å². The summed E-state index contributed by atoms with van der Waals surface area (Å²) in [5.74, 6) is -0.199. The lowest BCUT2D eigenvalue weighted by Crippen LogP contribution is -2.40. The molecule has 0 spiro atoms. The Morgan fingerprint density at radius 3 is 2.55 bits per heavy atom. The quantitative estimate of drug-likeness (QED) is 0.502. The molecule has 3 aromatic rings. The van der Waals surface area contributed by atoms with Crippen LogP contribution in [0.3, 0.4) is 0 Å². The highest BCUT2D eigenvalue weighted by Crippen LogP contribution is 2.36. The van der Waals surface area contributed by atoms with Gasteiger partial charge >= 0.3 is 5.69 Å². The minimum absolute atomic E-state index is 0.0774. The van der Waals surface area contributed by atoms with Crippen LogP contribution in [-0.4, -0.2) is 26.2 Å². The molecule has 1 saturated carbocycles. The van der Waals surface area contributed by atoms with Crippen molar-refractivity contribution in [1.29, 1.82) is 0 Å². The van der Waals surface area contributed by atoms with Gasteiger partial charge in [-0.1, -0.05) is 43.9 Å². The van der Waals surface area contributed by atoms with Crippen molar-refractivity contribution in [3.05, 3.63) is 61.9 Å². The fourth-order valence-electron chi connectivity index (χ4n) is 5.09. The van der Waals surface area contributed by atoms with E-state index >= 15 is 0 Å². The second kappa shape index (κ2) is 7.22. The van der Waals surface area contributed by atoms with Crippen LogP contribution < -0.4 is 16.6 Å². The molecular weight excluding hydrogens is 368 g/mol. The third kappa shape index (κ3) is 3.00. The molecule has 29 heavy (non-hydrogen) atoms. The van der Waals surface area contributed by atoms with Gasteiger partial charge in [0.1, 0.15) is 5.56 Å². The smallest absolute Gasteiger partial charge is 0.331 e. The average molecular weight is 394 g/mol. The third-order valence-corrected chi connectivity index (χ3v) is 6.49. The van der Waals surface area contributed by atoms with Gasteiger partial charge in [0, 0.05) is 29.2 Å². The number of nitrogens with one attached hydrogen (secondary N) is 3. The van der Waals surface area contributed by atoms with Crippen molar-refractivity contribution in [2.45, 2.75) is 57.0 Å². The van der Waals surface area contributed by atoms with Crippen LogP contribution in [0.25, 0.3) is 10.9 Å². The van der Waals surface area contributed by atoms with Crippen molar-refractivity contribution in [3.8, 4) is 5.88 Å². The highest BCUT2D eigenvalue weighted by Gasteiger charge is 2.32. The third-order valence-electron chi connectivity index (χ3n) is 6.49. The monoisotopic (exact) mass is 394 g/mol. The van der Waals surface area contributed by atoms with Crippen LogP contribution in [0.1, 0.15) is 67.4 Å². The number of rotatable bonds is 2. The largest absolute Gasteiger partial charge is 0.494 e. The van der Waals surface area contributed by atoms with Gasteiger partial charge in [0.2, 0.25) is 5.88 Å². The van der Waals surface area contributed by atoms with E-state index in [9.17, 15) is 14.7 Å². The summed E-state index contributed by atoms with van der Waals surface area (Å²) in [6.45, 7) is 0.695. The fourth-order valence-corrected chi connectivity index (χ4v) is 5.09. The summed E-state index contributed by atoms with van der Waals surface area (Å²) in [6.07, 6.45) is 6.87. The molecular formula is C22H26N4O3. The number of nitrogens with zero attached hydrogens (tertiary/aromatic N) is 1. The van der Waals surface area contributed by atoms with Gasteiger partial charge in [-0.2, -0.15) is 0 Å². The van der Waals surface area contributed by atoms with E-state index in [4.69, 9.17) is 0 Å². The number of aromatic amines is 2. The van der Waals surface area contributed by atoms with Gasteiger partial charge in [0.05, 0.1) is 6.04 Å². The summed E-state index contributed by atoms with van der Waals surface area (Å²) in [7, 11) is 0. The number of hydrogen-bond acceptors (Lipinski definition) is 4. The van der Waals surface area contributed by atoms with Crippen molar-refractivity contribution >= 4 is 10.9 Å². The number of benzene rings is 1. The van der Waals surface area contributed by atoms with E-state index in [-0.39, 0.29) is 17.5 Å². The Hall–Kier alpha value is -2.80. The Bertz CT molecular complexity index is 1160. The number of para-hydroxylation sites is 1. The van der Waals surface area contributed by atoms with E-state index < -0.39 is 17.3 Å². The SMILES string of the molecule is O=c1[nH]c(=O)n(C2CCCCCC2)c(O)c1C1NCCc2c1[nH]c1ccccc21. The first-order chi connectivity index (χ1) is 14.1. The van der Waals surface area contributed by atoms with Crippen molar-refractivity contribution in [2.75, 3.05) is 6.54 Å². The van der Waals surface area contributed by atoms with Crippen LogP contribution in [-0.2, 0) is 6.42 Å². The lowest BCUT2D eigenvalue weighted by molar-refractivity contribution is 0.329. The molecule has 0 radical (unpaired) electrons. The summed E-state index contributed by atoms with van der Waals surface area (Å²) in [6, 6.07) is 7.51. The Balaban J connectivity index is 1.67. The highest BCUT2D eigenvalue weighted by molar-refractivity contribution is 5.85. The van der Waals surface area contributed by atoms with Crippen LogP contribution >= 0.6 is 0 Å². The first-order valence-electron chi connectivity index (χ1n) is 10.6. The maximum Gasteiger partial charge on any atom is 0.331 e. The summed E-state index contributed by atoms with van der Waals surface area (Å²) in [4.78, 5) is 31.3. The van der Waals surface area contributed by atoms with Crippen molar-refractivity contribution in [3.63, 3.8) is 0 Å². The average Bonchev–Trinajstić information content (AvgIpc) is 2.88. The van der Waals surface area contributed by atoms with Gasteiger partial charge in [0.25, 0.3) is 5.56 Å². The normalized spacial score (nSPS) is 20.5. The van der Waals surface area contributed by atoms with Crippen LogP contribution in [0, 0.1) is 0 Å². The van der Waals surface area contributed by atoms with Gasteiger partial charge in [0.15, 0.2) is 0 Å². The fraction of sp³-hybridized carbons (Fsp3) is 0.455. The molecule has 1 fully saturated rings. The van der Waals surface area contributed by atoms with E-state index in [1.165, 1.54) is 4.57 Å². The molecule has 7 nitrogen and oxygen atoms in total. The lowest BCUT2D eigenvalue weighted by Gasteiger charge is -2.27. The summed E-state index contributed by atoms with van der Waals surface area (Å²) in [5.41, 5.74) is 2.25. The second-order valence-corrected chi connectivity index (χ2v) is 8.21. The van der Waals surface area contributed by atoms with E-state index in [1.54, 1.807) is 0 Å². The predicted octanol–water partition coefficient (Wildman–Crippen LogP) is 2.85. The Kier molecular flexibility index (Phi) is 4.54. The molecule has 152 valence electrons. The van der Waals surface area contributed by atoms with E-state index in [0.717, 1.165) is 67.1 Å². The lowest BCUT2D eigenvalue weighted by atomic mass is 9.95. The molecule has 5 rings (SSSR count). The van der Waals surface area contributed by atoms with Crippen LogP contribution in [0.5, 0.6) is 5.88 Å². The van der Waals surface area contributed by atoms with Gasteiger partial charge in [-0.05, 0) is 30.9 Å². The maximum absolute atomic E-state index is 12.8. The minimum atomic E-state index is -0.527. The van der Waals surface area contributed by atoms with E-state index in [0.29, 0.717) is 6.54 Å². The van der Waals surface area contributed by atoms with Crippen LogP contribution in [0.15, 0.2) is 33.9 Å². The number of H-pyrrole nitrogens is 2. The molecule has 0 amide bonds. The molecule has 1 atom stereocenters. The maximum atomic E-state index is 12.8. The highest BCUT2D eigenvalue weighted by atomic mass is 16.3. The molecule has 7 heteroatoms. The molecule has 0 saturated heterocycles. The molecule has 1 unspecified atom stereocenters. The first kappa shape index (κ1) is 18.2. The first-order valence-corrected chi connectivity index (χ1v) is 10.6. The zero-order chi connectivity index (χ0) is 20.0. The van der Waals surface area contributed by atoms with E-state index in [2.05, 4.69) is 21.4 Å². The Morgan fingerprint density at radius 2 is 1.76 bits per heavy atom. The number of aromatic hydroxyl groups is 1. The second-order valence-electron chi connectivity index (χ2n) is 8.21. The van der Waals surface area contributed by atoms with Gasteiger partial charge in [-0.25, -0.2) is 4.79 Å². The number of aromatic nitrogens is 3. The Labute approximate surface area is 167 Å². The van der Waals surface area contributed by atoms with Crippen molar-refractivity contribution in [1.82, 2.24) is 19.9 Å².